The first-order valence-corrected chi connectivity index (χ1v) is 9.14. The summed E-state index contributed by atoms with van der Waals surface area (Å²) in [6.45, 7) is -0.902. The predicted molar refractivity (Wildman–Crippen MR) is 101 cm³/mol. The lowest BCUT2D eigenvalue weighted by molar-refractivity contribution is -0.138. The van der Waals surface area contributed by atoms with Gasteiger partial charge >= 0.3 is 11.9 Å². The fraction of sp³-hybridized carbons (Fsp3) is 0.211. The van der Waals surface area contributed by atoms with Crippen LogP contribution < -0.4 is 10.2 Å². The minimum absolute atomic E-state index is 0.405. The highest BCUT2D eigenvalue weighted by molar-refractivity contribution is 7.99. The van der Waals surface area contributed by atoms with E-state index in [1.807, 2.05) is 42.5 Å². The summed E-state index contributed by atoms with van der Waals surface area (Å²) in [4.78, 5) is 37.6. The lowest BCUT2D eigenvalue weighted by atomic mass is 10.0. The largest absolute Gasteiger partial charge is 0.480 e. The van der Waals surface area contributed by atoms with Crippen molar-refractivity contribution in [3.63, 3.8) is 0 Å². The number of aliphatic carboxylic acids is 2. The molecule has 0 saturated carbocycles. The second-order valence-electron chi connectivity index (χ2n) is 5.99. The number of carboxylic acid groups (broad SMARTS) is 2. The molecule has 3 rings (SSSR count). The Kier molecular flexibility index (Phi) is 5.78. The quantitative estimate of drug-likeness (QED) is 0.697. The van der Waals surface area contributed by atoms with Crippen LogP contribution in [0.3, 0.4) is 0 Å². The second-order valence-corrected chi connectivity index (χ2v) is 7.17. The molecule has 27 heavy (non-hydrogen) atoms. The normalized spacial score (nSPS) is 19.3. The van der Waals surface area contributed by atoms with Gasteiger partial charge in [0, 0.05) is 4.90 Å². The molecular weight excluding hydrogens is 368 g/mol. The fourth-order valence-corrected chi connectivity index (χ4v) is 4.37. The van der Waals surface area contributed by atoms with E-state index in [0.717, 1.165) is 10.5 Å². The molecule has 7 nitrogen and oxygen atoms in total. The molecule has 2 aromatic carbocycles. The van der Waals surface area contributed by atoms with E-state index < -0.39 is 42.2 Å². The number of carbonyl (C=O) groups excluding carboxylic acids is 1. The van der Waals surface area contributed by atoms with Gasteiger partial charge in [-0.1, -0.05) is 42.5 Å². The van der Waals surface area contributed by atoms with Crippen LogP contribution in [-0.2, 0) is 14.4 Å². The SMILES string of the molecule is O=C(O)CNC1C(=O)N(CC(=O)O)c2ccccc2SC1c1ccccc1. The molecule has 0 aliphatic carbocycles. The third kappa shape index (κ3) is 4.29. The predicted octanol–water partition coefficient (Wildman–Crippen LogP) is 1.99. The molecule has 2 atom stereocenters. The summed E-state index contributed by atoms with van der Waals surface area (Å²) in [6, 6.07) is 15.5. The number of anilines is 1. The number of benzene rings is 2. The van der Waals surface area contributed by atoms with Crippen LogP contribution in [0.2, 0.25) is 0 Å². The van der Waals surface area contributed by atoms with Crippen LogP contribution in [-0.4, -0.2) is 47.2 Å². The third-order valence-corrected chi connectivity index (χ3v) is 5.54. The lowest BCUT2D eigenvalue weighted by Gasteiger charge is -2.27. The number of carboxylic acids is 2. The van der Waals surface area contributed by atoms with Crippen molar-refractivity contribution in [3.8, 4) is 0 Å². The molecule has 0 saturated heterocycles. The van der Waals surface area contributed by atoms with Gasteiger partial charge in [0.1, 0.15) is 12.6 Å². The number of hydrogen-bond acceptors (Lipinski definition) is 5. The van der Waals surface area contributed by atoms with Gasteiger partial charge in [0.05, 0.1) is 17.5 Å². The maximum atomic E-state index is 13.2. The summed E-state index contributed by atoms with van der Waals surface area (Å²) in [5, 5.41) is 20.7. The monoisotopic (exact) mass is 386 g/mol. The van der Waals surface area contributed by atoms with E-state index in [1.54, 1.807) is 12.1 Å². The second kappa shape index (κ2) is 8.24. The Hall–Kier alpha value is -2.84. The van der Waals surface area contributed by atoms with Crippen LogP contribution in [0.4, 0.5) is 5.69 Å². The average molecular weight is 386 g/mol. The maximum absolute atomic E-state index is 13.2. The minimum atomic E-state index is -1.14. The number of amides is 1. The molecule has 2 unspecified atom stereocenters. The van der Waals surface area contributed by atoms with E-state index in [1.165, 1.54) is 16.7 Å². The number of nitrogens with one attached hydrogen (secondary N) is 1. The molecule has 140 valence electrons. The molecule has 1 heterocycles. The van der Waals surface area contributed by atoms with E-state index in [-0.39, 0.29) is 0 Å². The molecule has 2 aromatic rings. The molecular formula is C19H18N2O5S. The highest BCUT2D eigenvalue weighted by Gasteiger charge is 2.39. The van der Waals surface area contributed by atoms with E-state index in [4.69, 9.17) is 5.11 Å². The Labute approximate surface area is 160 Å². The lowest BCUT2D eigenvalue weighted by Crippen LogP contribution is -2.50. The number of fused-ring (bicyclic) bond motifs is 1. The Morgan fingerprint density at radius 3 is 2.33 bits per heavy atom. The van der Waals surface area contributed by atoms with Crippen LogP contribution in [0.15, 0.2) is 59.5 Å². The molecule has 0 bridgehead atoms. The summed E-state index contributed by atoms with van der Waals surface area (Å²) < 4.78 is 0. The van der Waals surface area contributed by atoms with Crippen LogP contribution in [0.25, 0.3) is 0 Å². The molecule has 0 fully saturated rings. The molecule has 1 amide bonds. The van der Waals surface area contributed by atoms with Crippen molar-refractivity contribution in [1.29, 1.82) is 0 Å². The molecule has 0 radical (unpaired) electrons. The number of nitrogens with zero attached hydrogens (tertiary/aromatic N) is 1. The first-order chi connectivity index (χ1) is 13.0. The first kappa shape index (κ1) is 18.9. The molecule has 0 aromatic heterocycles. The summed E-state index contributed by atoms with van der Waals surface area (Å²) >= 11 is 1.41. The van der Waals surface area contributed by atoms with Gasteiger partial charge in [0.15, 0.2) is 0 Å². The van der Waals surface area contributed by atoms with Gasteiger partial charge < -0.3 is 10.2 Å². The molecule has 3 N–H and O–H groups in total. The summed E-state index contributed by atoms with van der Waals surface area (Å²) in [5.41, 5.74) is 1.36. The van der Waals surface area contributed by atoms with Crippen molar-refractivity contribution in [2.45, 2.75) is 16.2 Å². The number of carbonyl (C=O) groups is 3. The topological polar surface area (TPSA) is 107 Å². The van der Waals surface area contributed by atoms with Crippen molar-refractivity contribution in [2.24, 2.45) is 0 Å². The van der Waals surface area contributed by atoms with Crippen LogP contribution >= 0.6 is 11.8 Å². The van der Waals surface area contributed by atoms with Crippen molar-refractivity contribution in [1.82, 2.24) is 5.32 Å². The fourth-order valence-electron chi connectivity index (χ4n) is 2.99. The average Bonchev–Trinajstić information content (AvgIpc) is 2.76. The zero-order chi connectivity index (χ0) is 19.4. The number of hydrogen-bond donors (Lipinski definition) is 3. The molecule has 8 heteroatoms. The number of rotatable bonds is 6. The summed E-state index contributed by atoms with van der Waals surface area (Å²) in [7, 11) is 0. The zero-order valence-electron chi connectivity index (χ0n) is 14.2. The summed E-state index contributed by atoms with van der Waals surface area (Å²) in [6.07, 6.45) is 0. The van der Waals surface area contributed by atoms with Gasteiger partial charge in [0.25, 0.3) is 0 Å². The van der Waals surface area contributed by atoms with Crippen LogP contribution in [0.5, 0.6) is 0 Å². The Balaban J connectivity index is 2.08. The maximum Gasteiger partial charge on any atom is 0.323 e. The smallest absolute Gasteiger partial charge is 0.323 e. The van der Waals surface area contributed by atoms with Gasteiger partial charge in [-0.05, 0) is 17.7 Å². The van der Waals surface area contributed by atoms with Gasteiger partial charge in [-0.2, -0.15) is 0 Å². The van der Waals surface area contributed by atoms with Crippen LogP contribution in [0.1, 0.15) is 10.8 Å². The van der Waals surface area contributed by atoms with Gasteiger partial charge in [-0.25, -0.2) is 0 Å². The third-order valence-electron chi connectivity index (χ3n) is 4.14. The molecule has 1 aliphatic heterocycles. The van der Waals surface area contributed by atoms with E-state index >= 15 is 0 Å². The van der Waals surface area contributed by atoms with E-state index in [9.17, 15) is 19.5 Å². The number of para-hydroxylation sites is 1. The van der Waals surface area contributed by atoms with E-state index in [0.29, 0.717) is 5.69 Å². The molecule has 1 aliphatic rings. The standard InChI is InChI=1S/C19H18N2O5S/c22-15(23)10-20-17-18(12-6-2-1-3-7-12)27-14-9-5-4-8-13(14)21(19(17)26)11-16(24)25/h1-9,17-18,20H,10-11H2,(H,22,23)(H,24,25). The van der Waals surface area contributed by atoms with Crippen LogP contribution in [0, 0.1) is 0 Å². The molecule has 0 spiro atoms. The highest BCUT2D eigenvalue weighted by Crippen LogP contribution is 2.45. The first-order valence-electron chi connectivity index (χ1n) is 8.26. The van der Waals surface area contributed by atoms with Crippen molar-refractivity contribution in [2.75, 3.05) is 18.0 Å². The van der Waals surface area contributed by atoms with Gasteiger partial charge in [-0.3, -0.25) is 24.6 Å². The Morgan fingerprint density at radius 2 is 1.67 bits per heavy atom. The Morgan fingerprint density at radius 1 is 1.00 bits per heavy atom. The minimum Gasteiger partial charge on any atom is -0.480 e. The Bertz CT molecular complexity index is 858. The van der Waals surface area contributed by atoms with E-state index in [2.05, 4.69) is 5.32 Å². The highest BCUT2D eigenvalue weighted by atomic mass is 32.2. The van der Waals surface area contributed by atoms with Gasteiger partial charge in [0.2, 0.25) is 5.91 Å². The van der Waals surface area contributed by atoms with Crippen molar-refractivity contribution in [3.05, 3.63) is 60.2 Å². The van der Waals surface area contributed by atoms with Crippen molar-refractivity contribution < 1.29 is 24.6 Å². The zero-order valence-corrected chi connectivity index (χ0v) is 15.1. The van der Waals surface area contributed by atoms with Gasteiger partial charge in [-0.15, -0.1) is 11.8 Å². The van der Waals surface area contributed by atoms with Crippen molar-refractivity contribution >= 4 is 35.3 Å². The summed E-state index contributed by atoms with van der Waals surface area (Å²) in [5.74, 6) is -2.70. The number of thioether (sulfide) groups is 1.